The lowest BCUT2D eigenvalue weighted by Gasteiger charge is -2.08. The smallest absolute Gasteiger partial charge is 0.321 e. The van der Waals surface area contributed by atoms with Gasteiger partial charge in [-0.1, -0.05) is 35.2 Å². The molecule has 0 atom stereocenters. The zero-order valence-corrected chi connectivity index (χ0v) is 17.2. The van der Waals surface area contributed by atoms with Crippen molar-refractivity contribution in [1.82, 2.24) is 20.8 Å². The molecule has 1 aromatic heterocycles. The van der Waals surface area contributed by atoms with Crippen molar-refractivity contribution in [3.05, 3.63) is 30.1 Å². The first kappa shape index (κ1) is 22.1. The molecule has 0 aliphatic heterocycles. The van der Waals surface area contributed by atoms with E-state index in [0.717, 1.165) is 11.8 Å². The number of hydrogen-bond donors (Lipinski definition) is 3. The molecule has 0 radical (unpaired) electrons. The van der Waals surface area contributed by atoms with E-state index in [2.05, 4.69) is 26.1 Å². The molecule has 0 saturated carbocycles. The summed E-state index contributed by atoms with van der Waals surface area (Å²) in [7, 11) is 0. The van der Waals surface area contributed by atoms with Crippen LogP contribution in [0.4, 0.5) is 20.0 Å². The molecule has 1 heterocycles. The van der Waals surface area contributed by atoms with Crippen molar-refractivity contribution in [1.29, 1.82) is 0 Å². The van der Waals surface area contributed by atoms with Crippen molar-refractivity contribution in [2.75, 3.05) is 24.2 Å². The number of anilines is 2. The largest absolute Gasteiger partial charge is 0.379 e. The minimum atomic E-state index is -0.547. The SMILES string of the molecule is CC(C)OCCCNC(=O)NC(=O)CSc1nnc(Nc2ccccc2F)s1. The Morgan fingerprint density at radius 1 is 1.29 bits per heavy atom. The van der Waals surface area contributed by atoms with E-state index in [9.17, 15) is 14.0 Å². The predicted octanol–water partition coefficient (Wildman–Crippen LogP) is 3.15. The molecule has 3 N–H and O–H groups in total. The van der Waals surface area contributed by atoms with Crippen LogP contribution in [0.1, 0.15) is 20.3 Å². The minimum absolute atomic E-state index is 0.0121. The van der Waals surface area contributed by atoms with Crippen LogP contribution in [0.15, 0.2) is 28.6 Å². The number of imide groups is 1. The quantitative estimate of drug-likeness (QED) is 0.395. The van der Waals surface area contributed by atoms with Gasteiger partial charge in [0.25, 0.3) is 0 Å². The third-order valence-electron chi connectivity index (χ3n) is 3.16. The van der Waals surface area contributed by atoms with Gasteiger partial charge in [-0.2, -0.15) is 0 Å². The lowest BCUT2D eigenvalue weighted by molar-refractivity contribution is -0.117. The Bertz CT molecular complexity index is 788. The second-order valence-corrected chi connectivity index (χ2v) is 8.04. The van der Waals surface area contributed by atoms with E-state index < -0.39 is 17.8 Å². The number of halogens is 1. The highest BCUT2D eigenvalue weighted by atomic mass is 32.2. The molecule has 2 aromatic rings. The summed E-state index contributed by atoms with van der Waals surface area (Å²) < 4.78 is 19.5. The summed E-state index contributed by atoms with van der Waals surface area (Å²) in [6.07, 6.45) is 0.812. The maximum Gasteiger partial charge on any atom is 0.321 e. The summed E-state index contributed by atoms with van der Waals surface area (Å²) in [5.74, 6) is -0.828. The van der Waals surface area contributed by atoms with Crippen LogP contribution in [0.25, 0.3) is 0 Å². The van der Waals surface area contributed by atoms with E-state index in [1.807, 2.05) is 13.8 Å². The third kappa shape index (κ3) is 8.19. The van der Waals surface area contributed by atoms with Crippen LogP contribution in [0.3, 0.4) is 0 Å². The molecule has 152 valence electrons. The second kappa shape index (κ2) is 11.6. The summed E-state index contributed by atoms with van der Waals surface area (Å²) in [6.45, 7) is 4.84. The van der Waals surface area contributed by atoms with Gasteiger partial charge >= 0.3 is 6.03 Å². The van der Waals surface area contributed by atoms with Gasteiger partial charge in [0.2, 0.25) is 11.0 Å². The maximum atomic E-state index is 13.6. The highest BCUT2D eigenvalue weighted by molar-refractivity contribution is 8.01. The van der Waals surface area contributed by atoms with Gasteiger partial charge in [-0.3, -0.25) is 10.1 Å². The minimum Gasteiger partial charge on any atom is -0.379 e. The lowest BCUT2D eigenvalue weighted by atomic mass is 10.3. The number of rotatable bonds is 10. The zero-order valence-electron chi connectivity index (χ0n) is 15.5. The number of urea groups is 1. The number of nitrogens with one attached hydrogen (secondary N) is 3. The molecule has 0 spiro atoms. The number of carbonyl (C=O) groups is 2. The Morgan fingerprint density at radius 3 is 2.82 bits per heavy atom. The molecule has 0 aliphatic carbocycles. The molecule has 0 saturated heterocycles. The molecular formula is C17H22FN5O3S2. The Morgan fingerprint density at radius 2 is 2.07 bits per heavy atom. The number of aromatic nitrogens is 2. The van der Waals surface area contributed by atoms with Gasteiger partial charge in [-0.15, -0.1) is 10.2 Å². The van der Waals surface area contributed by atoms with Crippen molar-refractivity contribution in [2.24, 2.45) is 0 Å². The predicted molar refractivity (Wildman–Crippen MR) is 108 cm³/mol. The van der Waals surface area contributed by atoms with Gasteiger partial charge in [-0.25, -0.2) is 9.18 Å². The molecule has 0 bridgehead atoms. The lowest BCUT2D eigenvalue weighted by Crippen LogP contribution is -2.40. The van der Waals surface area contributed by atoms with Crippen molar-refractivity contribution in [3.8, 4) is 0 Å². The molecule has 8 nitrogen and oxygen atoms in total. The first-order valence-electron chi connectivity index (χ1n) is 8.61. The molecule has 2 rings (SSSR count). The van der Waals surface area contributed by atoms with Crippen LogP contribution < -0.4 is 16.0 Å². The first-order chi connectivity index (χ1) is 13.4. The molecular weight excluding hydrogens is 405 g/mol. The number of nitrogens with zero attached hydrogens (tertiary/aromatic N) is 2. The van der Waals surface area contributed by atoms with Crippen LogP contribution in [-0.4, -0.2) is 47.1 Å². The van der Waals surface area contributed by atoms with Crippen LogP contribution in [0.2, 0.25) is 0 Å². The van der Waals surface area contributed by atoms with E-state index in [0.29, 0.717) is 34.7 Å². The molecule has 3 amide bonds. The molecule has 0 aliphatic rings. The van der Waals surface area contributed by atoms with Gasteiger partial charge in [0.05, 0.1) is 17.5 Å². The monoisotopic (exact) mass is 427 g/mol. The second-order valence-electron chi connectivity index (χ2n) is 5.84. The normalized spacial score (nSPS) is 10.7. The number of amides is 3. The number of para-hydroxylation sites is 1. The van der Waals surface area contributed by atoms with E-state index >= 15 is 0 Å². The summed E-state index contributed by atoms with van der Waals surface area (Å²) >= 11 is 2.33. The number of benzene rings is 1. The molecule has 0 fully saturated rings. The fraction of sp³-hybridized carbons (Fsp3) is 0.412. The molecule has 1 aromatic carbocycles. The number of thioether (sulfide) groups is 1. The van der Waals surface area contributed by atoms with E-state index in [1.165, 1.54) is 17.4 Å². The molecule has 11 heteroatoms. The average Bonchev–Trinajstić information content (AvgIpc) is 3.09. The van der Waals surface area contributed by atoms with Crippen LogP contribution >= 0.6 is 23.1 Å². The topological polar surface area (TPSA) is 105 Å². The number of hydrogen-bond acceptors (Lipinski definition) is 8. The van der Waals surface area contributed by atoms with Crippen LogP contribution in [-0.2, 0) is 9.53 Å². The van der Waals surface area contributed by atoms with Gasteiger partial charge in [0.15, 0.2) is 4.34 Å². The summed E-state index contributed by atoms with van der Waals surface area (Å²) in [6, 6.07) is 5.68. The standard InChI is InChI=1S/C17H22FN5O3S2/c1-11(2)26-9-5-8-19-15(25)21-14(24)10-27-17-23-22-16(28-17)20-13-7-4-3-6-12(13)18/h3-4,6-7,11H,5,8-10H2,1-2H3,(H,20,22)(H2,19,21,24,25). The molecule has 28 heavy (non-hydrogen) atoms. The van der Waals surface area contributed by atoms with Crippen molar-refractivity contribution < 1.29 is 18.7 Å². The van der Waals surface area contributed by atoms with Crippen LogP contribution in [0, 0.1) is 5.82 Å². The van der Waals surface area contributed by atoms with Crippen molar-refractivity contribution in [3.63, 3.8) is 0 Å². The van der Waals surface area contributed by atoms with Crippen LogP contribution in [0.5, 0.6) is 0 Å². The van der Waals surface area contributed by atoms with Crippen molar-refractivity contribution >= 4 is 45.9 Å². The molecule has 0 unspecified atom stereocenters. The Kier molecular flexibility index (Phi) is 9.11. The Hall–Kier alpha value is -2.24. The fourth-order valence-corrected chi connectivity index (χ4v) is 3.49. The van der Waals surface area contributed by atoms with Gasteiger partial charge in [0.1, 0.15) is 5.82 Å². The Labute approximate surface area is 170 Å². The number of carbonyl (C=O) groups excluding carboxylic acids is 2. The first-order valence-corrected chi connectivity index (χ1v) is 10.4. The van der Waals surface area contributed by atoms with Gasteiger partial charge in [0, 0.05) is 13.2 Å². The van der Waals surface area contributed by atoms with Gasteiger partial charge < -0.3 is 15.4 Å². The Balaban J connectivity index is 1.67. The summed E-state index contributed by atoms with van der Waals surface area (Å²) in [5, 5.41) is 15.9. The highest BCUT2D eigenvalue weighted by Gasteiger charge is 2.11. The summed E-state index contributed by atoms with van der Waals surface area (Å²) in [4.78, 5) is 23.5. The van der Waals surface area contributed by atoms with Crippen molar-refractivity contribution in [2.45, 2.75) is 30.7 Å². The zero-order chi connectivity index (χ0) is 20.4. The fourth-order valence-electron chi connectivity index (χ4n) is 1.92. The average molecular weight is 428 g/mol. The van der Waals surface area contributed by atoms with Gasteiger partial charge in [-0.05, 0) is 32.4 Å². The maximum absolute atomic E-state index is 13.6. The third-order valence-corrected chi connectivity index (χ3v) is 5.13. The van der Waals surface area contributed by atoms with E-state index in [1.54, 1.807) is 18.2 Å². The van der Waals surface area contributed by atoms with E-state index in [-0.39, 0.29) is 11.9 Å². The number of ether oxygens (including phenoxy) is 1. The highest BCUT2D eigenvalue weighted by Crippen LogP contribution is 2.28. The summed E-state index contributed by atoms with van der Waals surface area (Å²) in [5.41, 5.74) is 0.295. The van der Waals surface area contributed by atoms with E-state index in [4.69, 9.17) is 4.74 Å².